The third-order valence-electron chi connectivity index (χ3n) is 3.93. The summed E-state index contributed by atoms with van der Waals surface area (Å²) in [7, 11) is 0. The van der Waals surface area contributed by atoms with Crippen LogP contribution in [0, 0.1) is 6.92 Å². The number of hydrogen-bond donors (Lipinski definition) is 1. The van der Waals surface area contributed by atoms with Gasteiger partial charge in [-0.15, -0.1) is 0 Å². The van der Waals surface area contributed by atoms with Gasteiger partial charge >= 0.3 is 0 Å². The van der Waals surface area contributed by atoms with E-state index < -0.39 is 5.54 Å². The van der Waals surface area contributed by atoms with Gasteiger partial charge in [0.25, 0.3) is 0 Å². The van der Waals surface area contributed by atoms with Gasteiger partial charge in [0.2, 0.25) is 0 Å². The van der Waals surface area contributed by atoms with E-state index >= 15 is 0 Å². The lowest BCUT2D eigenvalue weighted by molar-refractivity contribution is 0.0448. The van der Waals surface area contributed by atoms with Gasteiger partial charge in [0.1, 0.15) is 0 Å². The highest BCUT2D eigenvalue weighted by Gasteiger charge is 2.36. The monoisotopic (exact) mass is 270 g/mol. The summed E-state index contributed by atoms with van der Waals surface area (Å²) in [5, 5.41) is 0.970. The molecule has 3 rings (SSSR count). The summed E-state index contributed by atoms with van der Waals surface area (Å²) in [6.45, 7) is 3.06. The highest BCUT2D eigenvalue weighted by molar-refractivity contribution is 6.05. The van der Waals surface area contributed by atoms with Crippen LogP contribution >= 0.6 is 0 Å². The Bertz CT molecular complexity index is 661. The van der Waals surface area contributed by atoms with Crippen molar-refractivity contribution in [1.82, 2.24) is 4.98 Å². The van der Waals surface area contributed by atoms with E-state index in [2.05, 4.69) is 4.98 Å². The Labute approximate surface area is 117 Å². The normalized spacial score (nSPS) is 18.1. The molecule has 1 aliphatic heterocycles. The fourth-order valence-electron chi connectivity index (χ4n) is 2.62. The minimum Gasteiger partial charge on any atom is -0.381 e. The van der Waals surface area contributed by atoms with E-state index in [0.29, 0.717) is 31.6 Å². The predicted octanol–water partition coefficient (Wildman–Crippen LogP) is 2.23. The summed E-state index contributed by atoms with van der Waals surface area (Å²) in [4.78, 5) is 17.1. The molecule has 4 heteroatoms. The molecule has 0 saturated carbocycles. The summed E-state index contributed by atoms with van der Waals surface area (Å²) in [6, 6.07) is 9.53. The number of benzene rings is 1. The number of hydrogen-bond acceptors (Lipinski definition) is 4. The lowest BCUT2D eigenvalue weighted by atomic mass is 9.83. The minimum absolute atomic E-state index is 0.00303. The fourth-order valence-corrected chi connectivity index (χ4v) is 2.62. The van der Waals surface area contributed by atoms with E-state index in [1.807, 2.05) is 37.3 Å². The smallest absolute Gasteiger partial charge is 0.182 e. The quantitative estimate of drug-likeness (QED) is 0.850. The van der Waals surface area contributed by atoms with Crippen LogP contribution in [0.2, 0.25) is 0 Å². The molecule has 0 bridgehead atoms. The molecule has 0 atom stereocenters. The average Bonchev–Trinajstić information content (AvgIpc) is 2.46. The number of carbonyl (C=O) groups excluding carboxylic acids is 1. The third-order valence-corrected chi connectivity index (χ3v) is 3.93. The van der Waals surface area contributed by atoms with Crippen molar-refractivity contribution in [2.45, 2.75) is 25.3 Å². The number of Topliss-reactive ketones (excluding diaryl/α,β-unsaturated/α-hetero) is 1. The van der Waals surface area contributed by atoms with Crippen LogP contribution in [0.5, 0.6) is 0 Å². The molecule has 0 spiro atoms. The van der Waals surface area contributed by atoms with Crippen molar-refractivity contribution in [3.8, 4) is 0 Å². The summed E-state index contributed by atoms with van der Waals surface area (Å²) in [5.41, 5.74) is 8.00. The summed E-state index contributed by atoms with van der Waals surface area (Å²) in [5.74, 6) is 0.00303. The van der Waals surface area contributed by atoms with Crippen molar-refractivity contribution >= 4 is 16.7 Å². The maximum atomic E-state index is 12.6. The Balaban J connectivity index is 1.97. The number of carbonyl (C=O) groups is 1. The van der Waals surface area contributed by atoms with Crippen molar-refractivity contribution in [3.05, 3.63) is 41.6 Å². The van der Waals surface area contributed by atoms with Crippen LogP contribution in [-0.4, -0.2) is 29.5 Å². The first-order valence-electron chi connectivity index (χ1n) is 6.87. The molecule has 104 valence electrons. The van der Waals surface area contributed by atoms with Crippen LogP contribution in [0.4, 0.5) is 0 Å². The first-order valence-corrected chi connectivity index (χ1v) is 6.87. The molecule has 2 heterocycles. The van der Waals surface area contributed by atoms with Gasteiger partial charge in [0.15, 0.2) is 5.78 Å². The van der Waals surface area contributed by atoms with Gasteiger partial charge < -0.3 is 10.5 Å². The molecular formula is C16H18N2O2. The van der Waals surface area contributed by atoms with Gasteiger partial charge in [-0.3, -0.25) is 9.78 Å². The van der Waals surface area contributed by atoms with Gasteiger partial charge in [0.05, 0.1) is 11.1 Å². The highest BCUT2D eigenvalue weighted by atomic mass is 16.5. The van der Waals surface area contributed by atoms with Crippen molar-refractivity contribution < 1.29 is 9.53 Å². The van der Waals surface area contributed by atoms with Crippen molar-refractivity contribution in [2.24, 2.45) is 5.73 Å². The molecule has 1 saturated heterocycles. The molecular weight excluding hydrogens is 252 g/mol. The summed E-state index contributed by atoms with van der Waals surface area (Å²) < 4.78 is 5.29. The zero-order chi connectivity index (χ0) is 14.2. The van der Waals surface area contributed by atoms with Crippen LogP contribution in [0.15, 0.2) is 30.3 Å². The van der Waals surface area contributed by atoms with Crippen molar-refractivity contribution in [3.63, 3.8) is 0 Å². The second-order valence-corrected chi connectivity index (χ2v) is 5.46. The van der Waals surface area contributed by atoms with Gasteiger partial charge in [-0.1, -0.05) is 6.07 Å². The largest absolute Gasteiger partial charge is 0.381 e. The highest BCUT2D eigenvalue weighted by Crippen LogP contribution is 2.24. The second-order valence-electron chi connectivity index (χ2n) is 5.46. The molecule has 0 aliphatic carbocycles. The fraction of sp³-hybridized carbons (Fsp3) is 0.375. The molecule has 1 aliphatic rings. The van der Waals surface area contributed by atoms with Gasteiger partial charge in [-0.2, -0.15) is 0 Å². The molecule has 1 fully saturated rings. The number of aryl methyl sites for hydroxylation is 1. The van der Waals surface area contributed by atoms with Gasteiger partial charge in [-0.25, -0.2) is 0 Å². The topological polar surface area (TPSA) is 65.2 Å². The Kier molecular flexibility index (Phi) is 3.28. The van der Waals surface area contributed by atoms with E-state index in [1.165, 1.54) is 0 Å². The molecule has 2 N–H and O–H groups in total. The van der Waals surface area contributed by atoms with Crippen LogP contribution in [0.25, 0.3) is 10.9 Å². The number of pyridine rings is 1. The first-order chi connectivity index (χ1) is 9.58. The molecule has 0 amide bonds. The Morgan fingerprint density at radius 3 is 2.75 bits per heavy atom. The Hall–Kier alpha value is -1.78. The molecule has 0 unspecified atom stereocenters. The molecule has 1 aromatic heterocycles. The van der Waals surface area contributed by atoms with Gasteiger partial charge in [0, 0.05) is 29.9 Å². The maximum Gasteiger partial charge on any atom is 0.182 e. The van der Waals surface area contributed by atoms with E-state index in [1.54, 1.807) is 0 Å². The number of ketones is 1. The van der Waals surface area contributed by atoms with Crippen LogP contribution in [0.1, 0.15) is 28.9 Å². The Morgan fingerprint density at radius 2 is 2.00 bits per heavy atom. The summed E-state index contributed by atoms with van der Waals surface area (Å²) in [6.07, 6.45) is 1.16. The first kappa shape index (κ1) is 13.2. The number of nitrogens with zero attached hydrogens (tertiary/aromatic N) is 1. The Morgan fingerprint density at radius 1 is 1.25 bits per heavy atom. The maximum absolute atomic E-state index is 12.6. The van der Waals surface area contributed by atoms with Crippen molar-refractivity contribution in [2.75, 3.05) is 13.2 Å². The van der Waals surface area contributed by atoms with Crippen LogP contribution in [-0.2, 0) is 4.74 Å². The molecule has 2 aromatic rings. The number of rotatable bonds is 2. The zero-order valence-electron chi connectivity index (χ0n) is 11.6. The van der Waals surface area contributed by atoms with E-state index in [-0.39, 0.29) is 5.78 Å². The zero-order valence-corrected chi connectivity index (χ0v) is 11.6. The number of ether oxygens (including phenoxy) is 1. The standard InChI is InChI=1S/C16H18N2O2/c1-11-2-3-12-10-13(4-5-14(12)18-11)15(19)16(17)6-8-20-9-7-16/h2-5,10H,6-9,17H2,1H3. The number of aromatic nitrogens is 1. The van der Waals surface area contributed by atoms with E-state index in [0.717, 1.165) is 16.6 Å². The van der Waals surface area contributed by atoms with E-state index in [9.17, 15) is 4.79 Å². The molecule has 0 radical (unpaired) electrons. The lowest BCUT2D eigenvalue weighted by Crippen LogP contribution is -2.51. The SMILES string of the molecule is Cc1ccc2cc(C(=O)C3(N)CCOCC3)ccc2n1. The van der Waals surface area contributed by atoms with Crippen molar-refractivity contribution in [1.29, 1.82) is 0 Å². The number of nitrogens with two attached hydrogens (primary N) is 1. The molecule has 4 nitrogen and oxygen atoms in total. The van der Waals surface area contributed by atoms with E-state index in [4.69, 9.17) is 10.5 Å². The third kappa shape index (κ3) is 2.32. The minimum atomic E-state index is -0.788. The molecule has 20 heavy (non-hydrogen) atoms. The lowest BCUT2D eigenvalue weighted by Gasteiger charge is -2.31. The molecule has 1 aromatic carbocycles. The average molecular weight is 270 g/mol. The van der Waals surface area contributed by atoms with Crippen LogP contribution < -0.4 is 5.73 Å². The van der Waals surface area contributed by atoms with Crippen LogP contribution in [0.3, 0.4) is 0 Å². The predicted molar refractivity (Wildman–Crippen MR) is 77.8 cm³/mol. The number of fused-ring (bicyclic) bond motifs is 1. The van der Waals surface area contributed by atoms with Gasteiger partial charge in [-0.05, 0) is 44.0 Å². The second kappa shape index (κ2) is 4.96. The summed E-state index contributed by atoms with van der Waals surface area (Å²) >= 11 is 0.